The van der Waals surface area contributed by atoms with Gasteiger partial charge in [0, 0.05) is 34.7 Å². The molecule has 0 radical (unpaired) electrons. The fourth-order valence-electron chi connectivity index (χ4n) is 5.87. The highest BCUT2D eigenvalue weighted by Gasteiger charge is 2.44. The summed E-state index contributed by atoms with van der Waals surface area (Å²) < 4.78 is 11.6. The summed E-state index contributed by atoms with van der Waals surface area (Å²) in [5, 5.41) is 73.5. The van der Waals surface area contributed by atoms with Crippen LogP contribution in [0.25, 0.3) is 11.1 Å². The number of aryl methyl sites for hydroxylation is 1. The van der Waals surface area contributed by atoms with E-state index in [-0.39, 0.29) is 45.6 Å². The van der Waals surface area contributed by atoms with E-state index >= 15 is 0 Å². The summed E-state index contributed by atoms with van der Waals surface area (Å²) in [6, 6.07) is 6.71. The van der Waals surface area contributed by atoms with Crippen LogP contribution in [0.3, 0.4) is 0 Å². The molecule has 1 aliphatic heterocycles. The molecule has 208 valence electrons. The van der Waals surface area contributed by atoms with E-state index in [1.54, 1.807) is 19.1 Å². The van der Waals surface area contributed by atoms with Crippen LogP contribution in [0.15, 0.2) is 30.3 Å². The average molecular weight is 551 g/mol. The highest BCUT2D eigenvalue weighted by molar-refractivity contribution is 6.31. The Morgan fingerprint density at radius 2 is 1.50 bits per heavy atom. The summed E-state index contributed by atoms with van der Waals surface area (Å²) in [5.74, 6) is -3.12. The van der Waals surface area contributed by atoms with Gasteiger partial charge in [-0.05, 0) is 48.7 Å². The molecule has 3 aromatic carbocycles. The zero-order valence-electron chi connectivity index (χ0n) is 21.3. The van der Waals surface area contributed by atoms with Gasteiger partial charge in [-0.2, -0.15) is 0 Å². The van der Waals surface area contributed by atoms with Crippen molar-refractivity contribution in [2.45, 2.75) is 57.1 Å². The van der Waals surface area contributed by atoms with Crippen LogP contribution in [0.4, 0.5) is 0 Å². The summed E-state index contributed by atoms with van der Waals surface area (Å²) in [5.41, 5.74) is 0.622. The first-order chi connectivity index (χ1) is 18.9. The Kier molecular flexibility index (Phi) is 5.91. The number of rotatable bonds is 2. The summed E-state index contributed by atoms with van der Waals surface area (Å²) in [6.07, 6.45) is -8.01. The lowest BCUT2D eigenvalue weighted by atomic mass is 9.75. The molecule has 11 heteroatoms. The van der Waals surface area contributed by atoms with Crippen LogP contribution in [0, 0.1) is 6.92 Å². The molecule has 6 atom stereocenters. The molecule has 0 aromatic heterocycles. The van der Waals surface area contributed by atoms with Crippen LogP contribution in [0.1, 0.15) is 61.6 Å². The lowest BCUT2D eigenvalue weighted by molar-refractivity contribution is -0.268. The van der Waals surface area contributed by atoms with E-state index in [2.05, 4.69) is 0 Å². The molecule has 0 amide bonds. The molecule has 0 spiro atoms. The van der Waals surface area contributed by atoms with Crippen molar-refractivity contribution >= 4 is 11.6 Å². The van der Waals surface area contributed by atoms with E-state index in [9.17, 15) is 45.3 Å². The van der Waals surface area contributed by atoms with Crippen LogP contribution in [-0.2, 0) is 11.2 Å². The number of hydrogen-bond acceptors (Lipinski definition) is 11. The van der Waals surface area contributed by atoms with Gasteiger partial charge in [-0.25, -0.2) is 0 Å². The molecular weight excluding hydrogens is 524 g/mol. The summed E-state index contributed by atoms with van der Waals surface area (Å²) in [6.45, 7) is 3.28. The van der Waals surface area contributed by atoms with Crippen LogP contribution >= 0.6 is 0 Å². The van der Waals surface area contributed by atoms with Crippen LogP contribution in [-0.4, -0.2) is 78.0 Å². The van der Waals surface area contributed by atoms with E-state index < -0.39 is 65.6 Å². The molecule has 1 fully saturated rings. The smallest absolute Gasteiger partial charge is 0.229 e. The van der Waals surface area contributed by atoms with Crippen LogP contribution < -0.4 is 4.74 Å². The molecule has 1 heterocycles. The topological polar surface area (TPSA) is 194 Å². The maximum absolute atomic E-state index is 13.5. The van der Waals surface area contributed by atoms with Gasteiger partial charge < -0.3 is 45.2 Å². The van der Waals surface area contributed by atoms with Crippen molar-refractivity contribution < 1.29 is 54.8 Å². The third kappa shape index (κ3) is 3.70. The molecule has 2 aliphatic carbocycles. The SMILES string of the molecule is Cc1cc2c(c(O[C@@H]3O[C@@H](C)[C@@H](O)[C@@H](O)[C@H]3O)c1)-c1cc3c(c(O)c1[C@@H](O)C2)C(=O)c1c(O)cc(O)cc1C3=O. The second-order valence-electron chi connectivity index (χ2n) is 10.5. The van der Waals surface area contributed by atoms with Gasteiger partial charge in [-0.15, -0.1) is 0 Å². The van der Waals surface area contributed by atoms with Crippen molar-refractivity contribution in [3.63, 3.8) is 0 Å². The lowest BCUT2D eigenvalue weighted by Gasteiger charge is -2.39. The number of fused-ring (bicyclic) bond motifs is 5. The van der Waals surface area contributed by atoms with Crippen molar-refractivity contribution in [2.24, 2.45) is 0 Å². The Morgan fingerprint density at radius 1 is 0.800 bits per heavy atom. The van der Waals surface area contributed by atoms with Crippen LogP contribution in [0.2, 0.25) is 0 Å². The third-order valence-electron chi connectivity index (χ3n) is 7.78. The number of phenols is 3. The van der Waals surface area contributed by atoms with Crippen molar-refractivity contribution in [1.29, 1.82) is 0 Å². The lowest BCUT2D eigenvalue weighted by Crippen LogP contribution is -2.58. The Labute approximate surface area is 227 Å². The molecule has 40 heavy (non-hydrogen) atoms. The second-order valence-corrected chi connectivity index (χ2v) is 10.5. The number of phenolic OH excluding ortho intramolecular Hbond substituents is 3. The fraction of sp³-hybridized carbons (Fsp3) is 0.310. The maximum Gasteiger partial charge on any atom is 0.229 e. The number of ether oxygens (including phenoxy) is 2. The third-order valence-corrected chi connectivity index (χ3v) is 7.78. The van der Waals surface area contributed by atoms with Crippen molar-refractivity contribution in [1.82, 2.24) is 0 Å². The highest BCUT2D eigenvalue weighted by atomic mass is 16.7. The minimum absolute atomic E-state index is 0.0103. The number of ketones is 2. The number of carbonyl (C=O) groups excluding carboxylic acids is 2. The van der Waals surface area contributed by atoms with Gasteiger partial charge in [0.1, 0.15) is 41.3 Å². The number of aromatic hydroxyl groups is 3. The summed E-state index contributed by atoms with van der Waals surface area (Å²) >= 11 is 0. The number of aliphatic hydroxyl groups excluding tert-OH is 4. The van der Waals surface area contributed by atoms with Crippen LogP contribution in [0.5, 0.6) is 23.0 Å². The standard InChI is InChI=1S/C29H26O11/c1-9-3-11-5-16(31)20-13(19(11)18(4-9)40-29-28(38)27(37)23(33)10(2)39-29)8-15-22(25(20)35)26(36)21-14(24(15)34)6-12(30)7-17(21)32/h3-4,6-8,10,16,23,27-33,35,37-38H,5H2,1-2H3/t10-,16-,23+,27+,28+,29-/m0/s1. The highest BCUT2D eigenvalue weighted by Crippen LogP contribution is 2.51. The molecular formula is C29H26O11. The molecule has 0 bridgehead atoms. The first kappa shape index (κ1) is 26.2. The Hall–Kier alpha value is -4.00. The van der Waals surface area contributed by atoms with Crippen molar-refractivity contribution in [2.75, 3.05) is 0 Å². The number of hydrogen-bond donors (Lipinski definition) is 7. The summed E-state index contributed by atoms with van der Waals surface area (Å²) in [7, 11) is 0. The largest absolute Gasteiger partial charge is 0.508 e. The first-order valence-electron chi connectivity index (χ1n) is 12.6. The maximum atomic E-state index is 13.5. The van der Waals surface area contributed by atoms with Gasteiger partial charge in [-0.3, -0.25) is 9.59 Å². The zero-order valence-corrected chi connectivity index (χ0v) is 21.3. The van der Waals surface area contributed by atoms with Gasteiger partial charge in [0.2, 0.25) is 12.1 Å². The Bertz CT molecular complexity index is 1610. The van der Waals surface area contributed by atoms with Crippen molar-refractivity contribution in [3.05, 3.63) is 69.3 Å². The van der Waals surface area contributed by atoms with E-state index in [0.29, 0.717) is 11.1 Å². The van der Waals surface area contributed by atoms with E-state index in [1.807, 2.05) is 0 Å². The van der Waals surface area contributed by atoms with Gasteiger partial charge in [0.25, 0.3) is 0 Å². The predicted molar refractivity (Wildman–Crippen MR) is 137 cm³/mol. The normalized spacial score (nSPS) is 26.9. The zero-order chi connectivity index (χ0) is 28.8. The molecule has 3 aromatic rings. The van der Waals surface area contributed by atoms with E-state index in [4.69, 9.17) is 9.47 Å². The Morgan fingerprint density at radius 3 is 2.23 bits per heavy atom. The predicted octanol–water partition coefficient (Wildman–Crippen LogP) is 1.35. The molecule has 6 rings (SSSR count). The number of benzene rings is 3. The van der Waals surface area contributed by atoms with Gasteiger partial charge in [0.05, 0.1) is 23.3 Å². The van der Waals surface area contributed by atoms with Gasteiger partial charge in [-0.1, -0.05) is 6.07 Å². The van der Waals surface area contributed by atoms with E-state index in [0.717, 1.165) is 17.7 Å². The monoisotopic (exact) mass is 550 g/mol. The molecule has 0 saturated carbocycles. The minimum Gasteiger partial charge on any atom is -0.508 e. The Balaban J connectivity index is 1.54. The minimum atomic E-state index is -1.61. The molecule has 0 unspecified atom stereocenters. The van der Waals surface area contributed by atoms with Crippen molar-refractivity contribution in [3.8, 4) is 34.1 Å². The molecule has 1 saturated heterocycles. The van der Waals surface area contributed by atoms with Gasteiger partial charge in [0.15, 0.2) is 5.78 Å². The van der Waals surface area contributed by atoms with Gasteiger partial charge >= 0.3 is 0 Å². The number of carbonyl (C=O) groups is 2. The summed E-state index contributed by atoms with van der Waals surface area (Å²) in [4.78, 5) is 26.9. The fourth-order valence-corrected chi connectivity index (χ4v) is 5.87. The molecule has 11 nitrogen and oxygen atoms in total. The molecule has 3 aliphatic rings. The quantitative estimate of drug-likeness (QED) is 0.190. The number of aliphatic hydroxyl groups is 4. The first-order valence-corrected chi connectivity index (χ1v) is 12.6. The average Bonchev–Trinajstić information content (AvgIpc) is 2.87. The van der Waals surface area contributed by atoms with E-state index in [1.165, 1.54) is 13.0 Å². The molecule has 7 N–H and O–H groups in total. The second kappa shape index (κ2) is 9.01.